The van der Waals surface area contributed by atoms with Crippen molar-refractivity contribution in [3.05, 3.63) is 58.2 Å². The fourth-order valence-corrected chi connectivity index (χ4v) is 4.16. The monoisotopic (exact) mass is 314 g/mol. The molecule has 108 valence electrons. The Labute approximate surface area is 124 Å². The molecule has 1 aromatic carbocycles. The van der Waals surface area contributed by atoms with Crippen molar-refractivity contribution in [1.29, 1.82) is 0 Å². The summed E-state index contributed by atoms with van der Waals surface area (Å²) in [5.41, 5.74) is 2.83. The highest BCUT2D eigenvalue weighted by Gasteiger charge is 2.31. The van der Waals surface area contributed by atoms with Crippen LogP contribution in [0.1, 0.15) is 16.7 Å². The Bertz CT molecular complexity index is 626. The second-order valence-electron chi connectivity index (χ2n) is 4.75. The summed E-state index contributed by atoms with van der Waals surface area (Å²) in [5, 5.41) is 9.82. The first-order valence-electron chi connectivity index (χ1n) is 6.03. The zero-order valence-corrected chi connectivity index (χ0v) is 12.8. The molecule has 0 amide bonds. The van der Waals surface area contributed by atoms with E-state index in [0.717, 1.165) is 16.7 Å². The zero-order valence-electron chi connectivity index (χ0n) is 11.2. The number of hydrogen-bond acceptors (Lipinski definition) is 3. The summed E-state index contributed by atoms with van der Waals surface area (Å²) in [6.45, 7) is 3.85. The van der Waals surface area contributed by atoms with Crippen molar-refractivity contribution < 1.29 is 19.0 Å². The van der Waals surface area contributed by atoms with E-state index >= 15 is 0 Å². The number of aryl methyl sites for hydroxylation is 2. The number of aromatic nitrogens is 1. The van der Waals surface area contributed by atoms with Crippen LogP contribution in [0.25, 0.3) is 0 Å². The fourth-order valence-electron chi connectivity index (χ4n) is 2.00. The maximum atomic E-state index is 10.4. The molecule has 0 saturated carbocycles. The van der Waals surface area contributed by atoms with Crippen LogP contribution >= 0.6 is 22.2 Å². The van der Waals surface area contributed by atoms with Gasteiger partial charge in [0.05, 0.1) is 5.75 Å². The average Bonchev–Trinajstić information content (AvgIpc) is 2.33. The van der Waals surface area contributed by atoms with Crippen LogP contribution in [0.3, 0.4) is 0 Å². The summed E-state index contributed by atoms with van der Waals surface area (Å²) in [4.78, 5) is 0. The lowest BCUT2D eigenvalue weighted by molar-refractivity contribution is -0.933. The lowest BCUT2D eigenvalue weighted by Crippen LogP contribution is -2.36. The van der Waals surface area contributed by atoms with Crippen molar-refractivity contribution in [1.82, 2.24) is 0 Å². The maximum absolute atomic E-state index is 10.4. The third-order valence-electron chi connectivity index (χ3n) is 3.05. The molecule has 0 bridgehead atoms. The second-order valence-corrected chi connectivity index (χ2v) is 7.16. The van der Waals surface area contributed by atoms with Gasteiger partial charge in [-0.1, -0.05) is 35.4 Å². The molecule has 2 rings (SSSR count). The van der Waals surface area contributed by atoms with Gasteiger partial charge in [-0.3, -0.25) is 14.3 Å². The normalized spacial score (nSPS) is 12.4. The van der Waals surface area contributed by atoms with E-state index in [0.29, 0.717) is 4.73 Å². The Kier molecular flexibility index (Phi) is 4.25. The first-order chi connectivity index (χ1) is 9.31. The highest BCUT2D eigenvalue weighted by molar-refractivity contribution is 8.23. The van der Waals surface area contributed by atoms with Crippen LogP contribution < -0.4 is 4.73 Å². The van der Waals surface area contributed by atoms with E-state index in [9.17, 15) is 14.3 Å². The third kappa shape index (κ3) is 3.07. The van der Waals surface area contributed by atoms with E-state index in [1.54, 1.807) is 0 Å². The maximum Gasteiger partial charge on any atom is 0.363 e. The third-order valence-corrected chi connectivity index (χ3v) is 5.21. The Hall–Kier alpha value is -1.27. The molecule has 0 spiro atoms. The molecule has 0 unspecified atom stereocenters. The molecule has 0 aliphatic carbocycles. The lowest BCUT2D eigenvalue weighted by atomic mass is 10.1. The molecule has 0 saturated heterocycles. The molecule has 2 aromatic rings. The van der Waals surface area contributed by atoms with Gasteiger partial charge >= 0.3 is 5.03 Å². The molecule has 20 heavy (non-hydrogen) atoms. The Morgan fingerprint density at radius 3 is 2.55 bits per heavy atom. The second kappa shape index (κ2) is 5.61. The quantitative estimate of drug-likeness (QED) is 0.596. The van der Waals surface area contributed by atoms with Gasteiger partial charge in [-0.2, -0.15) is 0 Å². The molecule has 0 aliphatic heterocycles. The highest BCUT2D eigenvalue weighted by Crippen LogP contribution is 2.52. The van der Waals surface area contributed by atoms with Gasteiger partial charge in [0.1, 0.15) is 5.02 Å². The van der Waals surface area contributed by atoms with Crippen LogP contribution in [-0.4, -0.2) is 14.3 Å². The minimum atomic E-state index is -3.23. The summed E-state index contributed by atoms with van der Waals surface area (Å²) in [5.74, 6) is 0.0187. The van der Waals surface area contributed by atoms with Gasteiger partial charge in [-0.05, 0) is 31.0 Å². The summed E-state index contributed by atoms with van der Waals surface area (Å²) >= 11 is 5.97. The molecule has 3 N–H and O–H groups in total. The van der Waals surface area contributed by atoms with Gasteiger partial charge < -0.3 is 0 Å². The topological polar surface area (TPSA) is 64.6 Å². The molecule has 6 heteroatoms. The molecule has 0 atom stereocenters. The van der Waals surface area contributed by atoms with Gasteiger partial charge in [0.25, 0.3) is 0 Å². The molecule has 4 nitrogen and oxygen atoms in total. The van der Waals surface area contributed by atoms with Gasteiger partial charge in [-0.25, -0.2) is 0 Å². The minimum Gasteiger partial charge on any atom is -0.290 e. The number of benzene rings is 1. The predicted octanol–water partition coefficient (Wildman–Crippen LogP) is 3.79. The van der Waals surface area contributed by atoms with Gasteiger partial charge in [0, 0.05) is 10.8 Å². The van der Waals surface area contributed by atoms with E-state index in [4.69, 9.17) is 11.6 Å². The smallest absolute Gasteiger partial charge is 0.290 e. The van der Waals surface area contributed by atoms with Crippen molar-refractivity contribution >= 4 is 22.2 Å². The molecule has 1 aromatic heterocycles. The molecule has 0 fully saturated rings. The van der Waals surface area contributed by atoms with Crippen LogP contribution in [-0.2, 0) is 5.75 Å². The van der Waals surface area contributed by atoms with Crippen LogP contribution in [0, 0.1) is 13.8 Å². The summed E-state index contributed by atoms with van der Waals surface area (Å²) in [7, 11) is -3.23. The van der Waals surface area contributed by atoms with E-state index in [1.807, 2.05) is 32.0 Å². The Morgan fingerprint density at radius 2 is 1.90 bits per heavy atom. The number of hydrogen-bond donors (Lipinski definition) is 3. The van der Waals surface area contributed by atoms with Gasteiger partial charge in [0.2, 0.25) is 6.20 Å². The summed E-state index contributed by atoms with van der Waals surface area (Å²) in [6, 6.07) is 8.84. The zero-order chi connectivity index (χ0) is 14.9. The number of pyridine rings is 1. The number of nitrogens with zero attached hydrogens (tertiary/aromatic N) is 1. The van der Waals surface area contributed by atoms with Crippen molar-refractivity contribution in [2.45, 2.75) is 24.6 Å². The Morgan fingerprint density at radius 1 is 1.20 bits per heavy atom. The summed E-state index contributed by atoms with van der Waals surface area (Å²) in [6.07, 6.45) is 1.32. The van der Waals surface area contributed by atoms with E-state index in [1.165, 1.54) is 18.3 Å². The lowest BCUT2D eigenvalue weighted by Gasteiger charge is -2.28. The predicted molar refractivity (Wildman–Crippen MR) is 79.6 cm³/mol. The minimum absolute atomic E-state index is 0.0187. The largest absolute Gasteiger partial charge is 0.363 e. The van der Waals surface area contributed by atoms with E-state index < -0.39 is 10.6 Å². The van der Waals surface area contributed by atoms with E-state index in [2.05, 4.69) is 0 Å². The van der Waals surface area contributed by atoms with Crippen molar-refractivity contribution in [3.63, 3.8) is 0 Å². The number of halogens is 1. The van der Waals surface area contributed by atoms with Gasteiger partial charge in [0.15, 0.2) is 0 Å². The van der Waals surface area contributed by atoms with Crippen LogP contribution in [0.5, 0.6) is 0 Å². The standard InChI is InChI=1S/C14H16ClNO3S/c1-10-5-6-11(2)12(8-10)9-20(18,19)14-13(15)4-3-7-16(14)17/h3-8H,9H2,1-2H3,(H2-,17,18,19)/p+1. The molecular weight excluding hydrogens is 298 g/mol. The van der Waals surface area contributed by atoms with Crippen LogP contribution in [0.15, 0.2) is 41.6 Å². The summed E-state index contributed by atoms with van der Waals surface area (Å²) < 4.78 is 21.4. The molecule has 1 heterocycles. The fraction of sp³-hybridized carbons (Fsp3) is 0.214. The van der Waals surface area contributed by atoms with Crippen molar-refractivity contribution in [2.24, 2.45) is 0 Å². The van der Waals surface area contributed by atoms with Crippen molar-refractivity contribution in [2.75, 3.05) is 0 Å². The average molecular weight is 315 g/mol. The molecule has 0 aliphatic rings. The number of rotatable bonds is 3. The SMILES string of the molecule is Cc1ccc(C)c(CS(O)(O)c2c(Cl)ccc[n+]2O)c1. The first kappa shape index (κ1) is 15.1. The highest BCUT2D eigenvalue weighted by atomic mass is 35.5. The first-order valence-corrected chi connectivity index (χ1v) is 8.12. The van der Waals surface area contributed by atoms with Crippen LogP contribution in [0.2, 0.25) is 5.02 Å². The Balaban J connectivity index is 2.43. The molecular formula is C14H17ClNO3S+. The van der Waals surface area contributed by atoms with Crippen LogP contribution in [0.4, 0.5) is 0 Å². The van der Waals surface area contributed by atoms with E-state index in [-0.39, 0.29) is 15.8 Å². The van der Waals surface area contributed by atoms with Crippen molar-refractivity contribution in [3.8, 4) is 0 Å². The van der Waals surface area contributed by atoms with Gasteiger partial charge in [-0.15, -0.1) is 10.6 Å². The molecule has 0 radical (unpaired) electrons.